The molecule has 0 radical (unpaired) electrons. The summed E-state index contributed by atoms with van der Waals surface area (Å²) in [5, 5.41) is 19.0. The van der Waals surface area contributed by atoms with Crippen molar-refractivity contribution in [3.05, 3.63) is 396 Å². The summed E-state index contributed by atoms with van der Waals surface area (Å²) in [6.07, 6.45) is -0.310. The first kappa shape index (κ1) is 94.3. The Bertz CT molecular complexity index is 7160. The number of H-pyrrole nitrogens is 4. The predicted octanol–water partition coefficient (Wildman–Crippen LogP) is 28.2. The number of non-ortho nitro benzene ring substituents is 1. The lowest BCUT2D eigenvalue weighted by atomic mass is 9.92. The van der Waals surface area contributed by atoms with Gasteiger partial charge in [-0.25, -0.2) is 23.6 Å². The van der Waals surface area contributed by atoms with Gasteiger partial charge < -0.3 is 48.5 Å². The van der Waals surface area contributed by atoms with Crippen molar-refractivity contribution in [3.63, 3.8) is 0 Å². The number of likely N-dealkylation sites (tertiary alicyclic amines) is 1. The number of carbonyl (C=O) groups is 4. The number of nitrogens with zero attached hydrogens (tertiary/aromatic N) is 6. The summed E-state index contributed by atoms with van der Waals surface area (Å²) in [6, 6.07) is 73.7. The average Bonchev–Trinajstić information content (AvgIpc) is 1.60. The number of alkyl halides is 3. The Morgan fingerprint density at radius 1 is 0.394 bits per heavy atom. The molecule has 0 aliphatic carbocycles. The maximum atomic E-state index is 13.5. The van der Waals surface area contributed by atoms with E-state index in [1.54, 1.807) is 106 Å². The molecule has 5 aliphatic heterocycles. The van der Waals surface area contributed by atoms with Crippen LogP contribution in [0, 0.1) is 22.9 Å². The van der Waals surface area contributed by atoms with Crippen molar-refractivity contribution in [3.8, 4) is 28.7 Å². The van der Waals surface area contributed by atoms with Crippen LogP contribution < -0.4 is 23.7 Å². The van der Waals surface area contributed by atoms with Gasteiger partial charge in [-0.2, -0.15) is 13.2 Å². The van der Waals surface area contributed by atoms with Gasteiger partial charge in [-0.05, 0) is 316 Å². The minimum atomic E-state index is -4.47. The Labute approximate surface area is 822 Å². The lowest BCUT2D eigenvalue weighted by Gasteiger charge is -2.35. The first-order valence-electron chi connectivity index (χ1n) is 44.2. The predicted molar refractivity (Wildman–Crippen MR) is 528 cm³/mol. The van der Waals surface area contributed by atoms with Crippen molar-refractivity contribution in [1.82, 2.24) is 44.4 Å². The van der Waals surface area contributed by atoms with Crippen LogP contribution in [0.1, 0.15) is 122 Å². The lowest BCUT2D eigenvalue weighted by molar-refractivity contribution is -0.384. The van der Waals surface area contributed by atoms with Crippen LogP contribution in [-0.2, 0) is 31.9 Å². The number of nitro benzene ring substituents is 1. The molecule has 4 aromatic heterocycles. The molecule has 9 heterocycles. The fourth-order valence-electron chi connectivity index (χ4n) is 18.5. The van der Waals surface area contributed by atoms with Crippen molar-refractivity contribution in [2.24, 2.45) is 0 Å². The summed E-state index contributed by atoms with van der Waals surface area (Å²) >= 11 is 40.2. The SMILES string of the molecule is Cc1ccc(C2c3[nH]c4ccc(Cl)cc4c3CCN2C(=O)Oc2ccc(Cl)cc2)cc1.O=C(Oc1ccc(Cl)cc1)N1CCc2c([nH]c3ccc(Cl)cc23)C1c1ccc(OCCCN2CCCC2)cc1.O=C(Oc1ccc(Cl)cc1)N1CCc2c([nH]c3ccc(Cl)cc23)C1c1ccc([N+](=O)[O-])cc1.O=C(Oc1ccc(F)cc1)N1CCc2c([nH]c3ccc(Br)cc23)C1c1ccc(C(F)(F)F)cc1. The van der Waals surface area contributed by atoms with E-state index in [1.165, 1.54) is 96.1 Å². The summed E-state index contributed by atoms with van der Waals surface area (Å²) in [6.45, 7) is 7.97. The first-order chi connectivity index (χ1) is 66.1. The molecule has 137 heavy (non-hydrogen) atoms. The second-order valence-corrected chi connectivity index (χ2v) is 37.2. The third kappa shape index (κ3) is 21.3. The maximum absolute atomic E-state index is 13.5. The molecule has 0 spiro atoms. The number of rotatable bonds is 14. The summed E-state index contributed by atoms with van der Waals surface area (Å²) in [4.78, 5) is 86.8. The summed E-state index contributed by atoms with van der Waals surface area (Å²) in [7, 11) is 0. The molecule has 0 saturated carbocycles. The van der Waals surface area contributed by atoms with E-state index in [0.29, 0.717) is 105 Å². The Morgan fingerprint density at radius 2 is 0.693 bits per heavy atom. The second-order valence-electron chi connectivity index (χ2n) is 33.7. The van der Waals surface area contributed by atoms with Gasteiger partial charge in [0.1, 0.15) is 58.7 Å². The molecular formula is C105H85BrCl6F4N10O11. The van der Waals surface area contributed by atoms with Gasteiger partial charge >= 0.3 is 30.5 Å². The van der Waals surface area contributed by atoms with E-state index in [2.05, 4.69) is 65.0 Å². The van der Waals surface area contributed by atoms with Crippen molar-refractivity contribution in [1.29, 1.82) is 0 Å². The molecule has 21 nitrogen and oxygen atoms in total. The second kappa shape index (κ2) is 41.1. The number of benzene rings is 12. The van der Waals surface area contributed by atoms with Gasteiger partial charge in [0, 0.05) is 146 Å². The number of hydrogen-bond donors (Lipinski definition) is 4. The zero-order valence-corrected chi connectivity index (χ0v) is 79.3. The molecule has 32 heteroatoms. The Morgan fingerprint density at radius 3 is 1.04 bits per heavy atom. The highest BCUT2D eigenvalue weighted by molar-refractivity contribution is 9.10. The zero-order chi connectivity index (χ0) is 95.5. The highest BCUT2D eigenvalue weighted by atomic mass is 79.9. The Balaban J connectivity index is 0.000000122. The number of aryl methyl sites for hydroxylation is 1. The third-order valence-corrected chi connectivity index (χ3v) is 27.0. The fraction of sp³-hybridized carbons (Fsp3) is 0.200. The van der Waals surface area contributed by atoms with Crippen molar-refractivity contribution in [2.45, 2.75) is 82.2 Å². The normalized spacial score (nSPS) is 16.1. The smallest absolute Gasteiger partial charge is 0.416 e. The summed E-state index contributed by atoms with van der Waals surface area (Å²) in [5.74, 6) is 1.83. The number of hydrogen-bond acceptors (Lipinski definition) is 12. The zero-order valence-electron chi connectivity index (χ0n) is 73.2. The largest absolute Gasteiger partial charge is 0.494 e. The van der Waals surface area contributed by atoms with E-state index < -0.39 is 58.9 Å². The standard InChI is InChI=1S/C31H31Cl2N3O3.C25H17BrF4N2O2.C25H20Cl2N2O2.C24H17Cl2N3O4/c32-22-6-11-25(12-7-22)39-31(37)36-18-14-26-27-20-23(33)8-13-28(27)34-29(26)30(36)21-4-9-24(10-5-21)38-19-3-17-35-15-1-2-16-35;26-16-5-10-21-20(13-16)19-11-12-32(24(33)34-18-8-6-17(27)7-9-18)23(22(19)31-21)14-1-3-15(4-2-14)25(28,29)30;1-15-2-4-16(5-3-15)24-23-20(21-14-18(27)8-11-22(21)28-23)12-13-29(24)25(30)31-19-9-6-17(26)7-10-19;25-15-3-8-18(9-4-15)33-24(30)28-12-11-19-20-13-16(26)5-10-21(20)27-22(19)23(28)14-1-6-17(7-2-14)29(31)32/h4-13,20,30,34H,1-3,14-19H2;1-10,13,23,31H,11-12H2;2-11,14,24,28H,12-13H2,1H3;1-10,13,23,27H,11-12H2. The van der Waals surface area contributed by atoms with Crippen LogP contribution in [0.25, 0.3) is 43.6 Å². The Hall–Kier alpha value is -13.0. The van der Waals surface area contributed by atoms with E-state index in [0.717, 1.165) is 130 Å². The van der Waals surface area contributed by atoms with Crippen LogP contribution in [0.5, 0.6) is 28.7 Å². The fourth-order valence-corrected chi connectivity index (χ4v) is 19.7. The number of halogens is 11. The molecular weight excluding hydrogens is 1950 g/mol. The van der Waals surface area contributed by atoms with Gasteiger partial charge in [-0.15, -0.1) is 0 Å². The van der Waals surface area contributed by atoms with E-state index in [1.807, 2.05) is 97.9 Å². The quantitative estimate of drug-likeness (QED) is 0.0344. The van der Waals surface area contributed by atoms with E-state index in [4.69, 9.17) is 93.3 Å². The van der Waals surface area contributed by atoms with Gasteiger partial charge in [0.05, 0.1) is 17.1 Å². The minimum Gasteiger partial charge on any atom is -0.494 e. The lowest BCUT2D eigenvalue weighted by Crippen LogP contribution is -2.42. The van der Waals surface area contributed by atoms with E-state index in [-0.39, 0.29) is 30.1 Å². The molecule has 5 aliphatic rings. The van der Waals surface area contributed by atoms with Crippen molar-refractivity contribution < 1.29 is 65.3 Å². The molecule has 698 valence electrons. The number of fused-ring (bicyclic) bond motifs is 12. The van der Waals surface area contributed by atoms with Crippen LogP contribution in [-0.4, -0.2) is 126 Å². The van der Waals surface area contributed by atoms with Gasteiger partial charge in [0.25, 0.3) is 5.69 Å². The third-order valence-electron chi connectivity index (χ3n) is 25.0. The first-order valence-corrected chi connectivity index (χ1v) is 47.3. The molecule has 0 bridgehead atoms. The molecule has 4 atom stereocenters. The van der Waals surface area contributed by atoms with Gasteiger partial charge in [0.15, 0.2) is 0 Å². The van der Waals surface area contributed by atoms with E-state index in [9.17, 15) is 46.9 Å². The summed E-state index contributed by atoms with van der Waals surface area (Å²) in [5.41, 5.74) is 15.4. The van der Waals surface area contributed by atoms with Crippen molar-refractivity contribution in [2.75, 3.05) is 52.4 Å². The minimum absolute atomic E-state index is 0.0199. The number of aromatic amines is 4. The number of nitro groups is 1. The maximum Gasteiger partial charge on any atom is 0.416 e. The topological polar surface area (TPSA) is 237 Å². The molecule has 21 rings (SSSR count). The number of ether oxygens (including phenoxy) is 5. The molecule has 16 aromatic rings. The molecule has 4 N–H and O–H groups in total. The van der Waals surface area contributed by atoms with Crippen molar-refractivity contribution >= 4 is 159 Å². The monoisotopic (exact) mass is 2030 g/mol. The highest BCUT2D eigenvalue weighted by Gasteiger charge is 2.42. The number of amides is 4. The van der Waals surface area contributed by atoms with Crippen LogP contribution in [0.15, 0.2) is 271 Å². The number of nitrogens with one attached hydrogen (secondary N) is 4. The highest BCUT2D eigenvalue weighted by Crippen LogP contribution is 2.47. The molecule has 1 fully saturated rings. The molecule has 12 aromatic carbocycles. The van der Waals surface area contributed by atoms with Gasteiger partial charge in [-0.1, -0.05) is 140 Å². The van der Waals surface area contributed by atoms with E-state index >= 15 is 0 Å². The molecule has 4 unspecified atom stereocenters. The Kier molecular flexibility index (Phi) is 28.3. The van der Waals surface area contributed by atoms with Gasteiger partial charge in [0.2, 0.25) is 0 Å². The molecule has 4 amide bonds. The molecule has 1 saturated heterocycles. The summed E-state index contributed by atoms with van der Waals surface area (Å²) < 4.78 is 82.1. The van der Waals surface area contributed by atoms with Crippen LogP contribution in [0.2, 0.25) is 30.1 Å². The number of aromatic nitrogens is 4. The van der Waals surface area contributed by atoms with Crippen LogP contribution in [0.4, 0.5) is 42.4 Å². The van der Waals surface area contributed by atoms with Crippen LogP contribution >= 0.6 is 85.5 Å². The average molecular weight is 2030 g/mol. The van der Waals surface area contributed by atoms with Crippen LogP contribution in [0.3, 0.4) is 0 Å². The number of carbonyl (C=O) groups excluding carboxylic acids is 4. The van der Waals surface area contributed by atoms with Gasteiger partial charge in [-0.3, -0.25) is 29.7 Å².